The van der Waals surface area contributed by atoms with Gasteiger partial charge in [0.1, 0.15) is 11.5 Å². The highest BCUT2D eigenvalue weighted by Gasteiger charge is 2.23. The summed E-state index contributed by atoms with van der Waals surface area (Å²) in [5.41, 5.74) is 4.28. The molecular weight excluding hydrogens is 329 g/mol. The lowest BCUT2D eigenvalue weighted by Crippen LogP contribution is -2.05. The van der Waals surface area contributed by atoms with Crippen LogP contribution in [0, 0.1) is 5.82 Å². The van der Waals surface area contributed by atoms with Gasteiger partial charge in [0.05, 0.1) is 16.8 Å². The van der Waals surface area contributed by atoms with E-state index < -0.39 is 0 Å². The SMILES string of the molecule is Fc1ccc(-c2nn3ccccc3c2-c2ccnc(NC3CC3)n2)cc1. The van der Waals surface area contributed by atoms with Crippen molar-refractivity contribution in [3.63, 3.8) is 0 Å². The summed E-state index contributed by atoms with van der Waals surface area (Å²) in [4.78, 5) is 9.02. The number of hydrogen-bond acceptors (Lipinski definition) is 4. The summed E-state index contributed by atoms with van der Waals surface area (Å²) in [6.45, 7) is 0. The molecule has 1 aromatic carbocycles. The first-order valence-electron chi connectivity index (χ1n) is 8.61. The zero-order chi connectivity index (χ0) is 17.5. The second kappa shape index (κ2) is 5.91. The van der Waals surface area contributed by atoms with E-state index in [1.807, 2.05) is 35.0 Å². The molecule has 1 aliphatic rings. The van der Waals surface area contributed by atoms with E-state index in [0.717, 1.165) is 40.9 Å². The molecular formula is C20H16FN5. The Kier molecular flexibility index (Phi) is 3.41. The molecule has 0 bridgehead atoms. The summed E-state index contributed by atoms with van der Waals surface area (Å²) in [6.07, 6.45) is 5.97. The van der Waals surface area contributed by atoms with E-state index in [1.165, 1.54) is 12.1 Å². The van der Waals surface area contributed by atoms with Gasteiger partial charge in [-0.05, 0) is 55.3 Å². The van der Waals surface area contributed by atoms with Crippen molar-refractivity contribution in [2.24, 2.45) is 0 Å². The van der Waals surface area contributed by atoms with Crippen molar-refractivity contribution in [2.75, 3.05) is 5.32 Å². The molecule has 6 heteroatoms. The van der Waals surface area contributed by atoms with Crippen molar-refractivity contribution in [1.29, 1.82) is 0 Å². The van der Waals surface area contributed by atoms with E-state index in [4.69, 9.17) is 10.1 Å². The zero-order valence-electron chi connectivity index (χ0n) is 13.9. The van der Waals surface area contributed by atoms with Crippen LogP contribution in [0.15, 0.2) is 60.9 Å². The molecule has 0 saturated heterocycles. The Morgan fingerprint density at radius 2 is 1.88 bits per heavy atom. The number of rotatable bonds is 4. The van der Waals surface area contributed by atoms with Crippen LogP contribution < -0.4 is 5.32 Å². The monoisotopic (exact) mass is 345 g/mol. The predicted molar refractivity (Wildman–Crippen MR) is 98.3 cm³/mol. The van der Waals surface area contributed by atoms with Crippen molar-refractivity contribution < 1.29 is 4.39 Å². The Labute approximate surface area is 149 Å². The number of anilines is 1. The minimum absolute atomic E-state index is 0.267. The number of hydrogen-bond donors (Lipinski definition) is 1. The first-order valence-corrected chi connectivity index (χ1v) is 8.61. The Morgan fingerprint density at radius 1 is 1.04 bits per heavy atom. The highest BCUT2D eigenvalue weighted by atomic mass is 19.1. The molecule has 1 fully saturated rings. The van der Waals surface area contributed by atoms with E-state index in [-0.39, 0.29) is 5.82 Å². The molecule has 1 N–H and O–H groups in total. The summed E-state index contributed by atoms with van der Waals surface area (Å²) in [6, 6.07) is 14.6. The van der Waals surface area contributed by atoms with Crippen LogP contribution in [-0.2, 0) is 0 Å². The van der Waals surface area contributed by atoms with Gasteiger partial charge in [-0.1, -0.05) is 6.07 Å². The molecule has 0 radical (unpaired) electrons. The quantitative estimate of drug-likeness (QED) is 0.603. The van der Waals surface area contributed by atoms with Crippen LogP contribution in [0.5, 0.6) is 0 Å². The van der Waals surface area contributed by atoms with Gasteiger partial charge in [-0.15, -0.1) is 0 Å². The first-order chi connectivity index (χ1) is 12.8. The van der Waals surface area contributed by atoms with Crippen LogP contribution in [0.1, 0.15) is 12.8 Å². The summed E-state index contributed by atoms with van der Waals surface area (Å²) in [5.74, 6) is 0.363. The normalized spacial score (nSPS) is 13.9. The number of nitrogens with one attached hydrogen (secondary N) is 1. The Morgan fingerprint density at radius 3 is 2.69 bits per heavy atom. The van der Waals surface area contributed by atoms with Crippen LogP contribution in [0.25, 0.3) is 28.0 Å². The molecule has 0 aliphatic heterocycles. The maximum Gasteiger partial charge on any atom is 0.223 e. The predicted octanol–water partition coefficient (Wildman–Crippen LogP) is 4.17. The van der Waals surface area contributed by atoms with E-state index in [1.54, 1.807) is 18.3 Å². The number of halogens is 1. The van der Waals surface area contributed by atoms with Crippen LogP contribution in [0.2, 0.25) is 0 Å². The third-order valence-corrected chi connectivity index (χ3v) is 4.48. The molecule has 5 rings (SSSR count). The molecule has 4 aromatic rings. The fraction of sp³-hybridized carbons (Fsp3) is 0.150. The highest BCUT2D eigenvalue weighted by Crippen LogP contribution is 2.34. The van der Waals surface area contributed by atoms with E-state index in [0.29, 0.717) is 12.0 Å². The topological polar surface area (TPSA) is 55.1 Å². The number of nitrogens with zero attached hydrogens (tertiary/aromatic N) is 4. The summed E-state index contributed by atoms with van der Waals surface area (Å²) in [5, 5.41) is 8.04. The molecule has 26 heavy (non-hydrogen) atoms. The Bertz CT molecular complexity index is 1080. The zero-order valence-corrected chi connectivity index (χ0v) is 13.9. The number of aromatic nitrogens is 4. The second-order valence-electron chi connectivity index (χ2n) is 6.45. The molecule has 0 spiro atoms. The lowest BCUT2D eigenvalue weighted by atomic mass is 10.0. The van der Waals surface area contributed by atoms with Crippen LogP contribution in [0.4, 0.5) is 10.3 Å². The fourth-order valence-corrected chi connectivity index (χ4v) is 3.04. The van der Waals surface area contributed by atoms with Gasteiger partial charge < -0.3 is 5.32 Å². The smallest absolute Gasteiger partial charge is 0.223 e. The minimum atomic E-state index is -0.267. The van der Waals surface area contributed by atoms with Gasteiger partial charge in [0.15, 0.2) is 0 Å². The lowest BCUT2D eigenvalue weighted by Gasteiger charge is -2.06. The van der Waals surface area contributed by atoms with Crippen LogP contribution in [-0.4, -0.2) is 25.6 Å². The van der Waals surface area contributed by atoms with Gasteiger partial charge in [-0.2, -0.15) is 5.10 Å². The van der Waals surface area contributed by atoms with Gasteiger partial charge >= 0.3 is 0 Å². The Hall–Kier alpha value is -3.28. The van der Waals surface area contributed by atoms with Gasteiger partial charge in [0, 0.05) is 24.0 Å². The molecule has 5 nitrogen and oxygen atoms in total. The van der Waals surface area contributed by atoms with Crippen molar-refractivity contribution in [3.8, 4) is 22.5 Å². The molecule has 128 valence electrons. The largest absolute Gasteiger partial charge is 0.351 e. The molecule has 3 aromatic heterocycles. The summed E-state index contributed by atoms with van der Waals surface area (Å²) >= 11 is 0. The van der Waals surface area contributed by atoms with Crippen molar-refractivity contribution in [3.05, 3.63) is 66.7 Å². The van der Waals surface area contributed by atoms with Crippen molar-refractivity contribution in [2.45, 2.75) is 18.9 Å². The van der Waals surface area contributed by atoms with Gasteiger partial charge in [-0.25, -0.2) is 18.9 Å². The lowest BCUT2D eigenvalue weighted by molar-refractivity contribution is 0.628. The van der Waals surface area contributed by atoms with E-state index in [2.05, 4.69) is 10.3 Å². The minimum Gasteiger partial charge on any atom is -0.351 e. The molecule has 0 atom stereocenters. The van der Waals surface area contributed by atoms with Gasteiger partial charge in [-0.3, -0.25) is 0 Å². The fourth-order valence-electron chi connectivity index (χ4n) is 3.04. The molecule has 3 heterocycles. The summed E-state index contributed by atoms with van der Waals surface area (Å²) < 4.78 is 15.2. The molecule has 1 saturated carbocycles. The van der Waals surface area contributed by atoms with Crippen LogP contribution in [0.3, 0.4) is 0 Å². The number of fused-ring (bicyclic) bond motifs is 1. The third-order valence-electron chi connectivity index (χ3n) is 4.48. The maximum atomic E-state index is 13.4. The summed E-state index contributed by atoms with van der Waals surface area (Å²) in [7, 11) is 0. The standard InChI is InChI=1S/C20H16FN5/c21-14-6-4-13(5-7-14)19-18(17-3-1-2-12-26(17)25-19)16-10-11-22-20(24-16)23-15-8-9-15/h1-7,10-12,15H,8-9H2,(H,22,23,24). The number of pyridine rings is 1. The highest BCUT2D eigenvalue weighted by molar-refractivity contribution is 5.90. The van der Waals surface area contributed by atoms with Crippen LogP contribution >= 0.6 is 0 Å². The maximum absolute atomic E-state index is 13.4. The molecule has 0 amide bonds. The second-order valence-corrected chi connectivity index (χ2v) is 6.45. The number of benzene rings is 1. The van der Waals surface area contributed by atoms with Crippen molar-refractivity contribution in [1.82, 2.24) is 19.6 Å². The van der Waals surface area contributed by atoms with Gasteiger partial charge in [0.2, 0.25) is 5.95 Å². The first kappa shape index (κ1) is 15.0. The average Bonchev–Trinajstić information content (AvgIpc) is 3.39. The van der Waals surface area contributed by atoms with Crippen molar-refractivity contribution >= 4 is 11.5 Å². The average molecular weight is 345 g/mol. The molecule has 0 unspecified atom stereocenters. The Balaban J connectivity index is 1.70. The van der Waals surface area contributed by atoms with Gasteiger partial charge in [0.25, 0.3) is 0 Å². The van der Waals surface area contributed by atoms with E-state index >= 15 is 0 Å². The van der Waals surface area contributed by atoms with E-state index in [9.17, 15) is 4.39 Å². The third kappa shape index (κ3) is 2.69. The molecule has 1 aliphatic carbocycles.